The van der Waals surface area contributed by atoms with E-state index in [4.69, 9.17) is 4.74 Å². The fraction of sp³-hybridized carbons (Fsp3) is 0.208. The maximum Gasteiger partial charge on any atom is 0.308 e. The van der Waals surface area contributed by atoms with Gasteiger partial charge in [0.15, 0.2) is 0 Å². The molecule has 1 atom stereocenters. The van der Waals surface area contributed by atoms with E-state index in [1.807, 2.05) is 13.0 Å². The van der Waals surface area contributed by atoms with Gasteiger partial charge in [-0.3, -0.25) is 14.4 Å². The summed E-state index contributed by atoms with van der Waals surface area (Å²) in [5.74, 6) is -1.45. The molecule has 0 unspecified atom stereocenters. The molecule has 0 spiro atoms. The summed E-state index contributed by atoms with van der Waals surface area (Å²) in [6.07, 6.45) is 1.83. The minimum Gasteiger partial charge on any atom is -0.469 e. The topological polar surface area (TPSA) is 93.7 Å². The van der Waals surface area contributed by atoms with Crippen LogP contribution in [0.2, 0.25) is 0 Å². The van der Waals surface area contributed by atoms with Gasteiger partial charge >= 0.3 is 5.97 Å². The van der Waals surface area contributed by atoms with Crippen LogP contribution >= 0.6 is 0 Å². The molecule has 162 valence electrons. The number of carbonyl (C=O) groups is 3. The Kier molecular flexibility index (Phi) is 8.72. The number of hydrogen-bond donors (Lipinski definition) is 2. The second-order valence-corrected chi connectivity index (χ2v) is 6.72. The molecule has 0 aliphatic rings. The molecule has 2 aromatic rings. The average molecular weight is 422 g/mol. The maximum absolute atomic E-state index is 12.8. The predicted molar refractivity (Wildman–Crippen MR) is 121 cm³/mol. The number of amides is 2. The van der Waals surface area contributed by atoms with E-state index in [9.17, 15) is 14.4 Å². The number of ether oxygens (including phenoxy) is 2. The largest absolute Gasteiger partial charge is 0.469 e. The molecule has 0 aromatic heterocycles. The van der Waals surface area contributed by atoms with Crippen molar-refractivity contribution in [1.29, 1.82) is 0 Å². The van der Waals surface area contributed by atoms with E-state index >= 15 is 0 Å². The normalized spacial score (nSPS) is 11.2. The lowest BCUT2D eigenvalue weighted by Crippen LogP contribution is -2.33. The van der Waals surface area contributed by atoms with Crippen molar-refractivity contribution in [3.05, 3.63) is 78.4 Å². The molecular weight excluding hydrogens is 396 g/mol. The Morgan fingerprint density at radius 1 is 1.06 bits per heavy atom. The van der Waals surface area contributed by atoms with Gasteiger partial charge in [0.05, 0.1) is 31.5 Å². The first kappa shape index (κ1) is 23.6. The predicted octanol–water partition coefficient (Wildman–Crippen LogP) is 3.96. The minimum absolute atomic E-state index is 0.0897. The first-order chi connectivity index (χ1) is 14.9. The Bertz CT molecular complexity index is 984. The SMILES string of the molecule is C=CCO[C@@H](CC(=O)OC)C(=O)Nc1ccccc1NC(=O)c1cc(C)cc(C=C)c1. The highest BCUT2D eigenvalue weighted by molar-refractivity contribution is 6.08. The second-order valence-electron chi connectivity index (χ2n) is 6.72. The van der Waals surface area contributed by atoms with Gasteiger partial charge in [0.25, 0.3) is 11.8 Å². The van der Waals surface area contributed by atoms with Gasteiger partial charge in [-0.05, 0) is 42.3 Å². The van der Waals surface area contributed by atoms with Gasteiger partial charge in [-0.1, -0.05) is 36.9 Å². The monoisotopic (exact) mass is 422 g/mol. The molecule has 2 N–H and O–H groups in total. The number of benzene rings is 2. The average Bonchev–Trinajstić information content (AvgIpc) is 2.77. The lowest BCUT2D eigenvalue weighted by molar-refractivity contribution is -0.147. The number of methoxy groups -OCH3 is 1. The first-order valence-corrected chi connectivity index (χ1v) is 9.62. The van der Waals surface area contributed by atoms with Crippen LogP contribution < -0.4 is 10.6 Å². The number of para-hydroxylation sites is 2. The minimum atomic E-state index is -1.07. The molecule has 0 heterocycles. The fourth-order valence-electron chi connectivity index (χ4n) is 2.82. The smallest absolute Gasteiger partial charge is 0.308 e. The molecule has 0 aliphatic heterocycles. The van der Waals surface area contributed by atoms with Gasteiger partial charge in [0.1, 0.15) is 6.10 Å². The summed E-state index contributed by atoms with van der Waals surface area (Å²) >= 11 is 0. The van der Waals surface area contributed by atoms with Crippen molar-refractivity contribution in [2.45, 2.75) is 19.4 Å². The second kappa shape index (κ2) is 11.5. The van der Waals surface area contributed by atoms with Gasteiger partial charge in [0, 0.05) is 5.56 Å². The molecule has 31 heavy (non-hydrogen) atoms. The first-order valence-electron chi connectivity index (χ1n) is 9.62. The number of hydrogen-bond acceptors (Lipinski definition) is 5. The van der Waals surface area contributed by atoms with Crippen molar-refractivity contribution < 1.29 is 23.9 Å². The van der Waals surface area contributed by atoms with Crippen molar-refractivity contribution in [2.75, 3.05) is 24.4 Å². The van der Waals surface area contributed by atoms with Crippen molar-refractivity contribution in [2.24, 2.45) is 0 Å². The van der Waals surface area contributed by atoms with Crippen LogP contribution in [0.3, 0.4) is 0 Å². The lowest BCUT2D eigenvalue weighted by atomic mass is 10.1. The van der Waals surface area contributed by atoms with E-state index in [1.165, 1.54) is 13.2 Å². The summed E-state index contributed by atoms with van der Waals surface area (Å²) in [6, 6.07) is 12.2. The van der Waals surface area contributed by atoms with Crippen LogP contribution in [-0.4, -0.2) is 37.6 Å². The van der Waals surface area contributed by atoms with Crippen LogP contribution in [0.5, 0.6) is 0 Å². The van der Waals surface area contributed by atoms with Crippen molar-refractivity contribution in [3.63, 3.8) is 0 Å². The van der Waals surface area contributed by atoms with Crippen LogP contribution in [-0.2, 0) is 19.1 Å². The summed E-state index contributed by atoms with van der Waals surface area (Å²) in [5.41, 5.74) is 3.00. The summed E-state index contributed by atoms with van der Waals surface area (Å²) < 4.78 is 10.0. The maximum atomic E-state index is 12.8. The molecule has 0 fully saturated rings. The third kappa shape index (κ3) is 6.94. The number of anilines is 2. The number of carbonyl (C=O) groups excluding carboxylic acids is 3. The zero-order valence-corrected chi connectivity index (χ0v) is 17.6. The van der Waals surface area contributed by atoms with Crippen LogP contribution in [0.25, 0.3) is 6.08 Å². The van der Waals surface area contributed by atoms with Crippen LogP contribution in [0.1, 0.15) is 27.9 Å². The molecule has 0 saturated carbocycles. The Balaban J connectivity index is 2.20. The quantitative estimate of drug-likeness (QED) is 0.446. The Morgan fingerprint density at radius 3 is 2.35 bits per heavy atom. The Hall–Kier alpha value is -3.71. The molecular formula is C24H26N2O5. The summed E-state index contributed by atoms with van der Waals surface area (Å²) in [5, 5.41) is 5.51. The van der Waals surface area contributed by atoms with Crippen LogP contribution in [0.15, 0.2) is 61.7 Å². The van der Waals surface area contributed by atoms with E-state index in [0.717, 1.165) is 11.1 Å². The number of nitrogens with one attached hydrogen (secondary N) is 2. The molecule has 2 rings (SSSR count). The van der Waals surface area contributed by atoms with Gasteiger partial charge in [-0.25, -0.2) is 0 Å². The Labute approximate surface area is 181 Å². The fourth-order valence-corrected chi connectivity index (χ4v) is 2.82. The zero-order chi connectivity index (χ0) is 22.8. The summed E-state index contributed by atoms with van der Waals surface area (Å²) in [4.78, 5) is 37.1. The lowest BCUT2D eigenvalue weighted by Gasteiger charge is -2.18. The van der Waals surface area contributed by atoms with E-state index in [-0.39, 0.29) is 18.9 Å². The van der Waals surface area contributed by atoms with E-state index in [0.29, 0.717) is 16.9 Å². The van der Waals surface area contributed by atoms with Gasteiger partial charge in [-0.15, -0.1) is 6.58 Å². The number of esters is 1. The molecule has 7 heteroatoms. The molecule has 0 aliphatic carbocycles. The summed E-state index contributed by atoms with van der Waals surface area (Å²) in [6.45, 7) is 9.26. The van der Waals surface area contributed by atoms with Crippen molar-refractivity contribution in [1.82, 2.24) is 0 Å². The van der Waals surface area contributed by atoms with Crippen LogP contribution in [0.4, 0.5) is 11.4 Å². The van der Waals surface area contributed by atoms with Gasteiger partial charge in [-0.2, -0.15) is 0 Å². The number of aryl methyl sites for hydroxylation is 1. The molecule has 0 bridgehead atoms. The molecule has 2 aromatic carbocycles. The molecule has 0 radical (unpaired) electrons. The molecule has 0 saturated heterocycles. The molecule has 2 amide bonds. The summed E-state index contributed by atoms with van der Waals surface area (Å²) in [7, 11) is 1.23. The third-order valence-electron chi connectivity index (χ3n) is 4.32. The highest BCUT2D eigenvalue weighted by Crippen LogP contribution is 2.23. The third-order valence-corrected chi connectivity index (χ3v) is 4.32. The van der Waals surface area contributed by atoms with Crippen LogP contribution in [0, 0.1) is 6.92 Å². The highest BCUT2D eigenvalue weighted by atomic mass is 16.5. The number of rotatable bonds is 10. The highest BCUT2D eigenvalue weighted by Gasteiger charge is 2.24. The molecule has 7 nitrogen and oxygen atoms in total. The van der Waals surface area contributed by atoms with Crippen molar-refractivity contribution in [3.8, 4) is 0 Å². The van der Waals surface area contributed by atoms with Crippen molar-refractivity contribution >= 4 is 35.2 Å². The zero-order valence-electron chi connectivity index (χ0n) is 17.6. The van der Waals surface area contributed by atoms with Gasteiger partial charge < -0.3 is 20.1 Å². The van der Waals surface area contributed by atoms with E-state index in [2.05, 4.69) is 28.5 Å². The van der Waals surface area contributed by atoms with E-state index in [1.54, 1.807) is 42.5 Å². The van der Waals surface area contributed by atoms with E-state index < -0.39 is 18.0 Å². The Morgan fingerprint density at radius 2 is 1.74 bits per heavy atom. The van der Waals surface area contributed by atoms with Gasteiger partial charge in [0.2, 0.25) is 0 Å². The standard InChI is InChI=1S/C24H26N2O5/c1-5-11-31-21(15-22(27)30-4)24(29)26-20-10-8-7-9-19(20)25-23(28)18-13-16(3)12-17(6-2)14-18/h5-10,12-14,21H,1-2,11,15H2,3-4H3,(H,25,28)(H,26,29)/t21-/m0/s1.